The van der Waals surface area contributed by atoms with E-state index in [9.17, 15) is 19.0 Å². The number of esters is 2. The van der Waals surface area contributed by atoms with Crippen molar-refractivity contribution in [1.82, 2.24) is 0 Å². The van der Waals surface area contributed by atoms with Gasteiger partial charge in [0.25, 0.3) is 0 Å². The zero-order chi connectivity index (χ0) is 26.9. The summed E-state index contributed by atoms with van der Waals surface area (Å²) in [6.07, 6.45) is 21.5. The second-order valence-corrected chi connectivity index (χ2v) is 9.28. The summed E-state index contributed by atoms with van der Waals surface area (Å²) in [5.41, 5.74) is 5.25. The van der Waals surface area contributed by atoms with E-state index in [1.165, 1.54) is 0 Å². The first kappa shape index (κ1) is 34.0. The van der Waals surface area contributed by atoms with E-state index < -0.39 is 32.5 Å². The first-order valence-corrected chi connectivity index (χ1v) is 14.1. The fourth-order valence-electron chi connectivity index (χ4n) is 2.62. The van der Waals surface area contributed by atoms with Crippen molar-refractivity contribution < 1.29 is 37.6 Å². The maximum atomic E-state index is 12.2. The molecule has 0 radical (unpaired) electrons. The second kappa shape index (κ2) is 23.4. The van der Waals surface area contributed by atoms with E-state index in [0.29, 0.717) is 12.8 Å². The SMILES string of the molecule is CC/C=C\C/C=C\C/C=C\C/C=C\CCC(=O)OC(COC(=O)CCCC)COP(=O)(O)OCCN. The van der Waals surface area contributed by atoms with E-state index >= 15 is 0 Å². The first-order valence-electron chi connectivity index (χ1n) is 12.6. The molecule has 0 aliphatic rings. The van der Waals surface area contributed by atoms with Gasteiger partial charge >= 0.3 is 19.8 Å². The molecule has 0 aliphatic heterocycles. The molecule has 9 nitrogen and oxygen atoms in total. The Bertz CT molecular complexity index is 748. The standard InChI is InChI=1S/C26H44NO8P/c1-3-5-7-8-9-10-11-12-13-14-15-16-17-19-26(29)35-24(22-32-25(28)18-6-4-2)23-34-36(30,31)33-21-20-27/h5,7,9-10,12-13,15-16,24H,3-4,6,8,11,14,17-23,27H2,1-2H3,(H,30,31)/b7-5-,10-9-,13-12-,16-15-. The van der Waals surface area contributed by atoms with E-state index in [0.717, 1.165) is 32.1 Å². The molecule has 10 heteroatoms. The van der Waals surface area contributed by atoms with Crippen LogP contribution in [-0.2, 0) is 32.7 Å². The molecular formula is C26H44NO8P. The Labute approximate surface area is 216 Å². The highest BCUT2D eigenvalue weighted by atomic mass is 31.2. The van der Waals surface area contributed by atoms with Crippen molar-refractivity contribution in [1.29, 1.82) is 0 Å². The van der Waals surface area contributed by atoms with Gasteiger partial charge in [0.05, 0.1) is 13.2 Å². The first-order chi connectivity index (χ1) is 17.3. The molecule has 0 rings (SSSR count). The van der Waals surface area contributed by atoms with Crippen LogP contribution < -0.4 is 5.73 Å². The molecule has 0 amide bonds. The van der Waals surface area contributed by atoms with Crippen LogP contribution in [0, 0.1) is 0 Å². The van der Waals surface area contributed by atoms with Gasteiger partial charge in [-0.05, 0) is 38.5 Å². The van der Waals surface area contributed by atoms with Gasteiger partial charge in [0, 0.05) is 19.4 Å². The van der Waals surface area contributed by atoms with Crippen LogP contribution in [-0.4, -0.2) is 49.3 Å². The van der Waals surface area contributed by atoms with Gasteiger partial charge in [-0.25, -0.2) is 4.57 Å². The van der Waals surface area contributed by atoms with Crippen molar-refractivity contribution in [3.05, 3.63) is 48.6 Å². The van der Waals surface area contributed by atoms with E-state index in [2.05, 4.69) is 47.9 Å². The number of phosphoric acid groups is 1. The number of allylic oxidation sites excluding steroid dienone is 8. The maximum Gasteiger partial charge on any atom is 0.472 e. The summed E-state index contributed by atoms with van der Waals surface area (Å²) in [6, 6.07) is 0. The lowest BCUT2D eigenvalue weighted by atomic mass is 10.2. The molecule has 3 N–H and O–H groups in total. The van der Waals surface area contributed by atoms with Crippen molar-refractivity contribution in [3.8, 4) is 0 Å². The normalized spacial score (nSPS) is 14.7. The summed E-state index contributed by atoms with van der Waals surface area (Å²) in [4.78, 5) is 33.6. The smallest absolute Gasteiger partial charge is 0.462 e. The summed E-state index contributed by atoms with van der Waals surface area (Å²) in [5, 5.41) is 0. The molecule has 0 fully saturated rings. The largest absolute Gasteiger partial charge is 0.472 e. The van der Waals surface area contributed by atoms with Crippen LogP contribution >= 0.6 is 7.82 Å². The summed E-state index contributed by atoms with van der Waals surface area (Å²) in [6.45, 7) is 3.18. The summed E-state index contributed by atoms with van der Waals surface area (Å²) >= 11 is 0. The molecule has 0 saturated heterocycles. The molecule has 0 aromatic heterocycles. The molecule has 2 atom stereocenters. The van der Waals surface area contributed by atoms with Gasteiger partial charge in [0.15, 0.2) is 6.10 Å². The van der Waals surface area contributed by atoms with Crippen LogP contribution in [0.5, 0.6) is 0 Å². The lowest BCUT2D eigenvalue weighted by molar-refractivity contribution is -0.161. The lowest BCUT2D eigenvalue weighted by Crippen LogP contribution is -2.29. The third-order valence-electron chi connectivity index (χ3n) is 4.49. The minimum Gasteiger partial charge on any atom is -0.462 e. The number of ether oxygens (including phenoxy) is 2. The van der Waals surface area contributed by atoms with Crippen molar-refractivity contribution in [2.45, 2.75) is 77.7 Å². The fraction of sp³-hybridized carbons (Fsp3) is 0.615. The van der Waals surface area contributed by atoms with Crippen molar-refractivity contribution in [2.24, 2.45) is 5.73 Å². The van der Waals surface area contributed by atoms with Gasteiger partial charge in [0.2, 0.25) is 0 Å². The van der Waals surface area contributed by atoms with Gasteiger partial charge in [-0.2, -0.15) is 0 Å². The molecule has 0 aromatic rings. The zero-order valence-corrected chi connectivity index (χ0v) is 22.6. The highest BCUT2D eigenvalue weighted by Gasteiger charge is 2.25. The van der Waals surface area contributed by atoms with Crippen LogP contribution in [0.1, 0.15) is 71.6 Å². The fourth-order valence-corrected chi connectivity index (χ4v) is 3.39. The predicted molar refractivity (Wildman–Crippen MR) is 141 cm³/mol. The van der Waals surface area contributed by atoms with E-state index in [4.69, 9.17) is 19.7 Å². The van der Waals surface area contributed by atoms with Crippen LogP contribution in [0.25, 0.3) is 0 Å². The third kappa shape index (κ3) is 22.4. The van der Waals surface area contributed by atoms with Crippen LogP contribution in [0.4, 0.5) is 0 Å². The minimum atomic E-state index is -4.36. The number of unbranched alkanes of at least 4 members (excludes halogenated alkanes) is 1. The predicted octanol–water partition coefficient (Wildman–Crippen LogP) is 5.31. The zero-order valence-electron chi connectivity index (χ0n) is 21.7. The molecule has 0 aromatic carbocycles. The van der Waals surface area contributed by atoms with E-state index in [-0.39, 0.29) is 32.6 Å². The average Bonchev–Trinajstić information content (AvgIpc) is 2.86. The summed E-state index contributed by atoms with van der Waals surface area (Å²) in [7, 11) is -4.36. The van der Waals surface area contributed by atoms with E-state index in [1.807, 2.05) is 19.1 Å². The van der Waals surface area contributed by atoms with Gasteiger partial charge in [-0.1, -0.05) is 68.9 Å². The Hall–Kier alpha value is -2.03. The number of rotatable bonds is 22. The van der Waals surface area contributed by atoms with Crippen molar-refractivity contribution in [2.75, 3.05) is 26.4 Å². The molecule has 36 heavy (non-hydrogen) atoms. The molecule has 0 aliphatic carbocycles. The molecule has 206 valence electrons. The lowest BCUT2D eigenvalue weighted by Gasteiger charge is -2.19. The Morgan fingerprint density at radius 2 is 1.47 bits per heavy atom. The minimum absolute atomic E-state index is 0.0403. The highest BCUT2D eigenvalue weighted by Crippen LogP contribution is 2.43. The van der Waals surface area contributed by atoms with Crippen molar-refractivity contribution in [3.63, 3.8) is 0 Å². The van der Waals surface area contributed by atoms with Gasteiger partial charge in [0.1, 0.15) is 6.61 Å². The van der Waals surface area contributed by atoms with Gasteiger partial charge < -0.3 is 20.1 Å². The Morgan fingerprint density at radius 1 is 0.861 bits per heavy atom. The Morgan fingerprint density at radius 3 is 2.06 bits per heavy atom. The Kier molecular flexibility index (Phi) is 22.1. The molecule has 2 unspecified atom stereocenters. The average molecular weight is 530 g/mol. The molecular weight excluding hydrogens is 485 g/mol. The second-order valence-electron chi connectivity index (χ2n) is 7.82. The quantitative estimate of drug-likeness (QED) is 0.109. The van der Waals surface area contributed by atoms with E-state index in [1.54, 1.807) is 0 Å². The molecule has 0 bridgehead atoms. The topological polar surface area (TPSA) is 134 Å². The third-order valence-corrected chi connectivity index (χ3v) is 5.48. The van der Waals surface area contributed by atoms with Gasteiger partial charge in [-0.15, -0.1) is 0 Å². The number of nitrogens with two attached hydrogens (primary N) is 1. The number of carbonyl (C=O) groups excluding carboxylic acids is 2. The maximum absolute atomic E-state index is 12.2. The number of carbonyl (C=O) groups is 2. The summed E-state index contributed by atoms with van der Waals surface area (Å²) < 4.78 is 31.8. The number of hydrogen-bond donors (Lipinski definition) is 2. The summed E-state index contributed by atoms with van der Waals surface area (Å²) in [5.74, 6) is -0.976. The van der Waals surface area contributed by atoms with Crippen LogP contribution in [0.15, 0.2) is 48.6 Å². The molecule has 0 saturated carbocycles. The Balaban J connectivity index is 4.44. The number of hydrogen-bond acceptors (Lipinski definition) is 8. The monoisotopic (exact) mass is 529 g/mol. The molecule has 0 heterocycles. The molecule has 0 spiro atoms. The van der Waals surface area contributed by atoms with Crippen LogP contribution in [0.2, 0.25) is 0 Å². The van der Waals surface area contributed by atoms with Crippen molar-refractivity contribution >= 4 is 19.8 Å². The van der Waals surface area contributed by atoms with Crippen LogP contribution in [0.3, 0.4) is 0 Å². The highest BCUT2D eigenvalue weighted by molar-refractivity contribution is 7.47. The number of phosphoric ester groups is 1. The van der Waals surface area contributed by atoms with Gasteiger partial charge in [-0.3, -0.25) is 18.6 Å².